The Hall–Kier alpha value is -1.18. The van der Waals surface area contributed by atoms with Crippen molar-refractivity contribution >= 4 is 6.08 Å². The van der Waals surface area contributed by atoms with Crippen LogP contribution in [0.1, 0.15) is 12.5 Å². The van der Waals surface area contributed by atoms with Gasteiger partial charge in [-0.2, -0.15) is 10.2 Å². The summed E-state index contributed by atoms with van der Waals surface area (Å²) >= 11 is 0. The van der Waals surface area contributed by atoms with Gasteiger partial charge >= 0.3 is 0 Å². The zero-order chi connectivity index (χ0) is 6.53. The van der Waals surface area contributed by atoms with Crippen molar-refractivity contribution in [1.29, 1.82) is 0 Å². The minimum atomic E-state index is 1.09. The van der Waals surface area contributed by atoms with E-state index in [1.165, 1.54) is 0 Å². The van der Waals surface area contributed by atoms with E-state index >= 15 is 0 Å². The van der Waals surface area contributed by atoms with Crippen molar-refractivity contribution in [2.45, 2.75) is 6.92 Å². The molecule has 0 aliphatic rings. The molecule has 0 N–H and O–H groups in total. The topological polar surface area (TPSA) is 25.8 Å². The summed E-state index contributed by atoms with van der Waals surface area (Å²) in [6.45, 7) is 1.97. The molecular formula is C7H8N2. The molecule has 0 amide bonds. The minimum absolute atomic E-state index is 1.09. The fraction of sp³-hybridized carbons (Fsp3) is 0.143. The van der Waals surface area contributed by atoms with Crippen LogP contribution in [0.25, 0.3) is 6.08 Å². The van der Waals surface area contributed by atoms with Crippen LogP contribution in [0.3, 0.4) is 0 Å². The number of hydrogen-bond donors (Lipinski definition) is 0. The summed E-state index contributed by atoms with van der Waals surface area (Å²) in [5.74, 6) is 0. The van der Waals surface area contributed by atoms with Gasteiger partial charge < -0.3 is 0 Å². The Morgan fingerprint density at radius 1 is 1.44 bits per heavy atom. The van der Waals surface area contributed by atoms with Crippen molar-refractivity contribution in [1.82, 2.24) is 10.2 Å². The van der Waals surface area contributed by atoms with Gasteiger partial charge in [0.15, 0.2) is 0 Å². The monoisotopic (exact) mass is 120 g/mol. The highest BCUT2D eigenvalue weighted by atomic mass is 15.1. The third-order valence-electron chi connectivity index (χ3n) is 0.966. The average molecular weight is 120 g/mol. The predicted molar refractivity (Wildman–Crippen MR) is 36.7 cm³/mol. The van der Waals surface area contributed by atoms with Crippen LogP contribution in [0.4, 0.5) is 0 Å². The highest BCUT2D eigenvalue weighted by molar-refractivity contribution is 5.46. The first kappa shape index (κ1) is 5.95. The van der Waals surface area contributed by atoms with Gasteiger partial charge in [-0.25, -0.2) is 0 Å². The van der Waals surface area contributed by atoms with Crippen molar-refractivity contribution in [3.8, 4) is 0 Å². The van der Waals surface area contributed by atoms with Crippen LogP contribution in [0.5, 0.6) is 0 Å². The van der Waals surface area contributed by atoms with Crippen molar-refractivity contribution in [3.63, 3.8) is 0 Å². The van der Waals surface area contributed by atoms with E-state index in [2.05, 4.69) is 10.2 Å². The summed E-state index contributed by atoms with van der Waals surface area (Å²) in [6.07, 6.45) is 7.35. The van der Waals surface area contributed by atoms with Crippen LogP contribution in [0.2, 0.25) is 0 Å². The molecule has 0 aromatic carbocycles. The van der Waals surface area contributed by atoms with Crippen LogP contribution in [-0.2, 0) is 0 Å². The lowest BCUT2D eigenvalue weighted by molar-refractivity contribution is 1.03. The average Bonchev–Trinajstić information content (AvgIpc) is 1.91. The fourth-order valence-corrected chi connectivity index (χ4v) is 0.592. The van der Waals surface area contributed by atoms with E-state index in [1.54, 1.807) is 12.4 Å². The normalized spacial score (nSPS) is 10.3. The first-order valence-electron chi connectivity index (χ1n) is 2.83. The molecule has 0 atom stereocenters. The van der Waals surface area contributed by atoms with Crippen molar-refractivity contribution in [2.24, 2.45) is 0 Å². The van der Waals surface area contributed by atoms with E-state index in [4.69, 9.17) is 0 Å². The van der Waals surface area contributed by atoms with Gasteiger partial charge in [0.25, 0.3) is 0 Å². The second-order valence-corrected chi connectivity index (χ2v) is 1.68. The minimum Gasteiger partial charge on any atom is -0.159 e. The summed E-state index contributed by atoms with van der Waals surface area (Å²) in [7, 11) is 0. The molecule has 0 spiro atoms. The Kier molecular flexibility index (Phi) is 1.96. The maximum absolute atomic E-state index is 3.70. The molecule has 0 saturated heterocycles. The fourth-order valence-electron chi connectivity index (χ4n) is 0.592. The van der Waals surface area contributed by atoms with Gasteiger partial charge in [-0.3, -0.25) is 0 Å². The molecule has 2 heteroatoms. The molecule has 1 aromatic rings. The van der Waals surface area contributed by atoms with Crippen LogP contribution >= 0.6 is 0 Å². The SMILES string of the molecule is C/C=C\c1ccnnc1. The van der Waals surface area contributed by atoms with Crippen molar-refractivity contribution < 1.29 is 0 Å². The number of rotatable bonds is 1. The molecule has 1 rings (SSSR count). The number of allylic oxidation sites excluding steroid dienone is 1. The lowest BCUT2D eigenvalue weighted by atomic mass is 10.3. The smallest absolute Gasteiger partial charge is 0.0568 e. The molecule has 0 aliphatic carbocycles. The first-order chi connectivity index (χ1) is 4.43. The van der Waals surface area contributed by atoms with Gasteiger partial charge in [-0.05, 0) is 18.6 Å². The number of hydrogen-bond acceptors (Lipinski definition) is 2. The third kappa shape index (κ3) is 1.64. The summed E-state index contributed by atoms with van der Waals surface area (Å²) in [5.41, 5.74) is 1.09. The molecule has 0 radical (unpaired) electrons. The zero-order valence-corrected chi connectivity index (χ0v) is 5.28. The van der Waals surface area contributed by atoms with Crippen LogP contribution in [0.15, 0.2) is 24.5 Å². The van der Waals surface area contributed by atoms with E-state index in [9.17, 15) is 0 Å². The maximum atomic E-state index is 3.70. The molecule has 0 saturated carbocycles. The van der Waals surface area contributed by atoms with Gasteiger partial charge in [0.1, 0.15) is 0 Å². The van der Waals surface area contributed by atoms with E-state index in [0.717, 1.165) is 5.56 Å². The van der Waals surface area contributed by atoms with E-state index < -0.39 is 0 Å². The highest BCUT2D eigenvalue weighted by Gasteiger charge is 1.79. The van der Waals surface area contributed by atoms with Crippen molar-refractivity contribution in [3.05, 3.63) is 30.1 Å². The zero-order valence-electron chi connectivity index (χ0n) is 5.28. The van der Waals surface area contributed by atoms with Gasteiger partial charge in [0, 0.05) is 0 Å². The Balaban J connectivity index is 2.85. The third-order valence-corrected chi connectivity index (χ3v) is 0.966. The van der Waals surface area contributed by atoms with Gasteiger partial charge in [-0.15, -0.1) is 0 Å². The Bertz CT molecular complexity index is 191. The van der Waals surface area contributed by atoms with Gasteiger partial charge in [0.05, 0.1) is 12.4 Å². The quantitative estimate of drug-likeness (QED) is 0.561. The standard InChI is InChI=1S/C7H8N2/c1-2-3-7-4-5-8-9-6-7/h2-6H,1H3/b3-2-. The Morgan fingerprint density at radius 2 is 2.33 bits per heavy atom. The summed E-state index contributed by atoms with van der Waals surface area (Å²) in [4.78, 5) is 0. The molecular weight excluding hydrogens is 112 g/mol. The second-order valence-electron chi connectivity index (χ2n) is 1.68. The predicted octanol–water partition coefficient (Wildman–Crippen LogP) is 1.51. The van der Waals surface area contributed by atoms with Gasteiger partial charge in [-0.1, -0.05) is 12.2 Å². The largest absolute Gasteiger partial charge is 0.159 e. The maximum Gasteiger partial charge on any atom is 0.0568 e. The molecule has 46 valence electrons. The molecule has 0 aliphatic heterocycles. The van der Waals surface area contributed by atoms with E-state index in [-0.39, 0.29) is 0 Å². The molecule has 1 heterocycles. The Morgan fingerprint density at radius 3 is 2.89 bits per heavy atom. The molecule has 0 fully saturated rings. The highest BCUT2D eigenvalue weighted by Crippen LogP contribution is 1.95. The lowest BCUT2D eigenvalue weighted by Crippen LogP contribution is -1.77. The van der Waals surface area contributed by atoms with Crippen LogP contribution in [0, 0.1) is 0 Å². The van der Waals surface area contributed by atoms with Crippen LogP contribution < -0.4 is 0 Å². The summed E-state index contributed by atoms with van der Waals surface area (Å²) in [5, 5.41) is 7.35. The van der Waals surface area contributed by atoms with Gasteiger partial charge in [0.2, 0.25) is 0 Å². The summed E-state index contributed by atoms with van der Waals surface area (Å²) < 4.78 is 0. The lowest BCUT2D eigenvalue weighted by Gasteiger charge is -1.85. The Labute approximate surface area is 54.2 Å². The summed E-state index contributed by atoms with van der Waals surface area (Å²) in [6, 6.07) is 1.91. The molecule has 0 unspecified atom stereocenters. The molecule has 0 bridgehead atoms. The number of aromatic nitrogens is 2. The molecule has 9 heavy (non-hydrogen) atoms. The number of nitrogens with zero attached hydrogens (tertiary/aromatic N) is 2. The second kappa shape index (κ2) is 2.97. The molecule has 1 aromatic heterocycles. The molecule has 2 nitrogen and oxygen atoms in total. The van der Waals surface area contributed by atoms with Crippen molar-refractivity contribution in [2.75, 3.05) is 0 Å². The van der Waals surface area contributed by atoms with E-state index in [0.29, 0.717) is 0 Å². The first-order valence-corrected chi connectivity index (χ1v) is 2.83. The van der Waals surface area contributed by atoms with E-state index in [1.807, 2.05) is 25.1 Å². The van der Waals surface area contributed by atoms with Crippen LogP contribution in [-0.4, -0.2) is 10.2 Å².